The van der Waals surface area contributed by atoms with E-state index < -0.39 is 23.4 Å². The van der Waals surface area contributed by atoms with Gasteiger partial charge in [0.2, 0.25) is 0 Å². The van der Waals surface area contributed by atoms with Crippen molar-refractivity contribution in [2.24, 2.45) is 0 Å². The van der Waals surface area contributed by atoms with Crippen LogP contribution in [0.1, 0.15) is 33.4 Å². The molecular formula is C31H34Cl2SiZr-2. The number of halogens is 2. The third-order valence-electron chi connectivity index (χ3n) is 6.64. The fraction of sp³-hybridized carbons (Fsp3) is 0.226. The van der Waals surface area contributed by atoms with Crippen molar-refractivity contribution in [3.8, 4) is 0 Å². The number of hydrogen-bond acceptors (Lipinski definition) is 0. The van der Waals surface area contributed by atoms with E-state index in [4.69, 9.17) is 17.0 Å². The SMILES string of the molecule is C[Si](c1ccccc1)=[Zr]([Cl])[Cl].Cc1cc2c(C)c(C)ccc2[cH-]1.Cc1cc2c(C)c(C)ccc2[cH-]1. The van der Waals surface area contributed by atoms with Crippen LogP contribution in [0, 0.1) is 41.5 Å². The number of hydrogen-bond donors (Lipinski definition) is 0. The second-order valence-electron chi connectivity index (χ2n) is 9.34. The molecule has 4 heteroatoms. The molecule has 5 aromatic rings. The zero-order valence-corrected chi connectivity index (χ0v) is 26.7. The smallest absolute Gasteiger partial charge is 0.0411 e. The first-order chi connectivity index (χ1) is 16.6. The van der Waals surface area contributed by atoms with E-state index >= 15 is 0 Å². The molecule has 0 N–H and O–H groups in total. The maximum atomic E-state index is 5.97. The third kappa shape index (κ3) is 7.30. The van der Waals surface area contributed by atoms with Crippen LogP contribution in [0.25, 0.3) is 21.5 Å². The molecule has 0 aromatic heterocycles. The van der Waals surface area contributed by atoms with Crippen LogP contribution in [0.3, 0.4) is 0 Å². The second kappa shape index (κ2) is 12.7. The Hall–Kier alpha value is -1.44. The van der Waals surface area contributed by atoms with Crippen molar-refractivity contribution in [1.82, 2.24) is 0 Å². The van der Waals surface area contributed by atoms with Crippen molar-refractivity contribution in [3.05, 3.63) is 112 Å². The topological polar surface area (TPSA) is 0 Å². The van der Waals surface area contributed by atoms with E-state index in [9.17, 15) is 0 Å². The zero-order valence-electron chi connectivity index (χ0n) is 21.8. The molecule has 0 unspecified atom stereocenters. The van der Waals surface area contributed by atoms with Gasteiger partial charge in [0.15, 0.2) is 0 Å². The summed E-state index contributed by atoms with van der Waals surface area (Å²) in [4.78, 5) is 0. The van der Waals surface area contributed by atoms with Crippen molar-refractivity contribution in [2.45, 2.75) is 48.1 Å². The van der Waals surface area contributed by atoms with Gasteiger partial charge in [-0.3, -0.25) is 0 Å². The normalized spacial score (nSPS) is 10.4. The fourth-order valence-corrected chi connectivity index (χ4v) is 11.8. The van der Waals surface area contributed by atoms with Crippen molar-refractivity contribution < 1.29 is 18.0 Å². The van der Waals surface area contributed by atoms with Crippen LogP contribution in [0.2, 0.25) is 6.55 Å². The maximum Gasteiger partial charge on any atom is -0.0411 e. The Morgan fingerprint density at radius 2 is 1.06 bits per heavy atom. The minimum atomic E-state index is -1.95. The van der Waals surface area contributed by atoms with E-state index in [0.29, 0.717) is 0 Å². The molecule has 0 saturated heterocycles. The summed E-state index contributed by atoms with van der Waals surface area (Å²) in [5.74, 6) is 0. The largest absolute Gasteiger partial charge is 0.165 e. The van der Waals surface area contributed by atoms with Crippen molar-refractivity contribution in [2.75, 3.05) is 0 Å². The van der Waals surface area contributed by atoms with Gasteiger partial charge in [-0.25, -0.2) is 0 Å². The molecule has 5 rings (SSSR count). The average molecular weight is 597 g/mol. The molecule has 0 spiro atoms. The van der Waals surface area contributed by atoms with Gasteiger partial charge in [-0.2, -0.15) is 12.1 Å². The Kier molecular flexibility index (Phi) is 10.2. The van der Waals surface area contributed by atoms with Gasteiger partial charge in [-0.1, -0.05) is 36.1 Å². The van der Waals surface area contributed by atoms with E-state index in [2.05, 4.69) is 109 Å². The average Bonchev–Trinajstić information content (AvgIpc) is 3.42. The van der Waals surface area contributed by atoms with Crippen molar-refractivity contribution in [3.63, 3.8) is 0 Å². The van der Waals surface area contributed by atoms with Crippen LogP contribution in [-0.2, 0) is 18.0 Å². The Morgan fingerprint density at radius 1 is 0.629 bits per heavy atom. The van der Waals surface area contributed by atoms with Crippen LogP contribution < -0.4 is 5.19 Å². The van der Waals surface area contributed by atoms with Crippen LogP contribution >= 0.6 is 17.0 Å². The molecule has 35 heavy (non-hydrogen) atoms. The van der Waals surface area contributed by atoms with Gasteiger partial charge in [0.05, 0.1) is 0 Å². The fourth-order valence-electron chi connectivity index (χ4n) is 4.18. The summed E-state index contributed by atoms with van der Waals surface area (Å²) in [6.45, 7) is 15.2. The molecule has 0 aliphatic rings. The first-order valence-corrected chi connectivity index (χ1v) is 23.9. The number of fused-ring (bicyclic) bond motifs is 2. The predicted octanol–water partition coefficient (Wildman–Crippen LogP) is 9.41. The molecule has 182 valence electrons. The van der Waals surface area contributed by atoms with E-state index in [-0.39, 0.29) is 0 Å². The molecule has 0 atom stereocenters. The predicted molar refractivity (Wildman–Crippen MR) is 157 cm³/mol. The van der Waals surface area contributed by atoms with Gasteiger partial charge >= 0.3 is 82.5 Å². The minimum Gasteiger partial charge on any atom is -0.165 e. The Balaban J connectivity index is 0.000000147. The van der Waals surface area contributed by atoms with Crippen molar-refractivity contribution >= 4 is 49.2 Å². The van der Waals surface area contributed by atoms with Gasteiger partial charge in [0.25, 0.3) is 0 Å². The number of aryl methyl sites for hydroxylation is 6. The third-order valence-corrected chi connectivity index (χ3v) is 24.8. The first kappa shape index (κ1) is 28.1. The molecule has 0 aliphatic carbocycles. The molecule has 0 fully saturated rings. The Morgan fingerprint density at radius 3 is 1.46 bits per heavy atom. The Labute approximate surface area is 225 Å². The Bertz CT molecular complexity index is 1380. The van der Waals surface area contributed by atoms with E-state index in [0.717, 1.165) is 0 Å². The van der Waals surface area contributed by atoms with E-state index in [1.165, 1.54) is 60.1 Å². The van der Waals surface area contributed by atoms with Crippen LogP contribution in [0.4, 0.5) is 0 Å². The van der Waals surface area contributed by atoms with Crippen molar-refractivity contribution in [1.29, 1.82) is 0 Å². The summed E-state index contributed by atoms with van der Waals surface area (Å²) >= 11 is -1.95. The van der Waals surface area contributed by atoms with Gasteiger partial charge in [0.1, 0.15) is 0 Å². The van der Waals surface area contributed by atoms with E-state index in [1.54, 1.807) is 0 Å². The number of benzene rings is 3. The second-order valence-corrected chi connectivity index (χ2v) is 30.3. The standard InChI is InChI=1S/2C12H13.C7H8Si.2ClH.Zr/c2*1-8-6-11-5-4-9(2)10(3)12(11)7-8;1-8-7-5-3-2-4-6-7;;;/h2*4-7H,1-3H3;2-6H,1H3;2*1H;/q2*-1;;;;+2/p-2. The van der Waals surface area contributed by atoms with Crippen LogP contribution in [-0.4, -0.2) is 5.43 Å². The van der Waals surface area contributed by atoms with Crippen LogP contribution in [0.5, 0.6) is 0 Å². The number of rotatable bonds is 1. The summed E-state index contributed by atoms with van der Waals surface area (Å²) in [6.07, 6.45) is 0. The molecule has 0 saturated carbocycles. The zero-order chi connectivity index (χ0) is 25.7. The van der Waals surface area contributed by atoms with Gasteiger partial charge < -0.3 is 0 Å². The molecule has 0 aliphatic heterocycles. The summed E-state index contributed by atoms with van der Waals surface area (Å²) in [5, 5.41) is 6.93. The first-order valence-electron chi connectivity index (χ1n) is 11.9. The summed E-state index contributed by atoms with van der Waals surface area (Å²) < 4.78 is 0. The van der Waals surface area contributed by atoms with Crippen LogP contribution in [0.15, 0.2) is 78.9 Å². The summed E-state index contributed by atoms with van der Waals surface area (Å²) in [7, 11) is 11.9. The van der Waals surface area contributed by atoms with Gasteiger partial charge in [-0.05, 0) is 27.7 Å². The summed E-state index contributed by atoms with van der Waals surface area (Å²) in [6, 6.07) is 28.1. The molecule has 0 bridgehead atoms. The monoisotopic (exact) mass is 594 g/mol. The van der Waals surface area contributed by atoms with Gasteiger partial charge in [0, 0.05) is 0 Å². The molecule has 0 amide bonds. The maximum absolute atomic E-state index is 5.97. The minimum absolute atomic E-state index is 0.557. The molecule has 0 nitrogen and oxygen atoms in total. The molecule has 5 aromatic carbocycles. The summed E-state index contributed by atoms with van der Waals surface area (Å²) in [5.41, 5.74) is 7.76. The quantitative estimate of drug-likeness (QED) is 0.134. The molecule has 0 radical (unpaired) electrons. The van der Waals surface area contributed by atoms with E-state index in [1.807, 2.05) is 18.2 Å². The molecule has 0 heterocycles. The van der Waals surface area contributed by atoms with Gasteiger partial charge in [-0.15, -0.1) is 69.1 Å². The molecular weight excluding hydrogens is 563 g/mol.